The number of hydrazone groups is 1. The molecule has 0 radical (unpaired) electrons. The van der Waals surface area contributed by atoms with E-state index >= 15 is 0 Å². The highest BCUT2D eigenvalue weighted by Gasteiger charge is 2.27. The first-order valence-electron chi connectivity index (χ1n) is 10.3. The summed E-state index contributed by atoms with van der Waals surface area (Å²) < 4.78 is 18.0. The van der Waals surface area contributed by atoms with E-state index in [2.05, 4.69) is 18.2 Å². The van der Waals surface area contributed by atoms with E-state index in [1.165, 1.54) is 12.1 Å². The molecule has 7 heteroatoms. The first-order chi connectivity index (χ1) is 15.5. The Labute approximate surface area is 189 Å². The molecule has 0 spiro atoms. The summed E-state index contributed by atoms with van der Waals surface area (Å²) in [6.07, 6.45) is -1.52. The predicted molar refractivity (Wildman–Crippen MR) is 125 cm³/mol. The average Bonchev–Trinajstić information content (AvgIpc) is 3.04. The maximum Gasteiger partial charge on any atom is 0.169 e. The van der Waals surface area contributed by atoms with Gasteiger partial charge in [-0.1, -0.05) is 48.5 Å². The van der Waals surface area contributed by atoms with Crippen LogP contribution in [0.4, 0.5) is 4.39 Å². The molecular weight excluding hydrogens is 425 g/mol. The van der Waals surface area contributed by atoms with Crippen LogP contribution < -0.4 is 0 Å². The Bertz CT molecular complexity index is 1320. The van der Waals surface area contributed by atoms with Gasteiger partial charge in [0.15, 0.2) is 6.29 Å². The van der Waals surface area contributed by atoms with Crippen molar-refractivity contribution in [2.45, 2.75) is 31.2 Å². The van der Waals surface area contributed by atoms with Crippen LogP contribution in [0.3, 0.4) is 0 Å². The van der Waals surface area contributed by atoms with Crippen LogP contribution in [0.1, 0.15) is 22.4 Å². The molecule has 0 fully saturated rings. The molecule has 0 saturated carbocycles. The topological polar surface area (TPSA) is 61.0 Å². The van der Waals surface area contributed by atoms with Crippen LogP contribution in [0, 0.1) is 12.7 Å². The summed E-state index contributed by atoms with van der Waals surface area (Å²) in [6, 6.07) is 22.7. The van der Waals surface area contributed by atoms with Crippen LogP contribution in [0.15, 0.2) is 82.8 Å². The van der Waals surface area contributed by atoms with Gasteiger partial charge in [0.25, 0.3) is 0 Å². The standard InChI is InChI=1S/C25H22FN3O2S/c1-16-24(20-13-18(26)11-12-21(20)28(16)15-23(30)31)25-19-9-5-6-10-22(19)32-29(27-25)14-17-7-3-2-4-8-17/h2-13,23,30-31H,14-15H2,1H3. The Hall–Kier alpha value is -3.13. The third-order valence-electron chi connectivity index (χ3n) is 5.59. The van der Waals surface area contributed by atoms with Crippen LogP contribution in [-0.2, 0) is 13.1 Å². The van der Waals surface area contributed by atoms with Crippen molar-refractivity contribution in [1.82, 2.24) is 8.98 Å². The molecule has 1 aliphatic rings. The number of aliphatic hydroxyl groups excluding tert-OH is 1. The summed E-state index contributed by atoms with van der Waals surface area (Å²) >= 11 is 1.57. The molecule has 0 bridgehead atoms. The minimum absolute atomic E-state index is 0.00856. The number of rotatable bonds is 5. The number of nitrogens with zero attached hydrogens (tertiary/aromatic N) is 3. The van der Waals surface area contributed by atoms with Crippen LogP contribution in [0.5, 0.6) is 0 Å². The molecule has 162 valence electrons. The smallest absolute Gasteiger partial charge is 0.169 e. The zero-order valence-electron chi connectivity index (χ0n) is 17.4. The summed E-state index contributed by atoms with van der Waals surface area (Å²) in [6.45, 7) is 2.51. The van der Waals surface area contributed by atoms with E-state index in [0.29, 0.717) is 11.9 Å². The molecule has 0 unspecified atom stereocenters. The lowest BCUT2D eigenvalue weighted by Gasteiger charge is -2.26. The summed E-state index contributed by atoms with van der Waals surface area (Å²) in [5.41, 5.74) is 5.19. The SMILES string of the molecule is Cc1c(C2=NN(Cc3ccccc3)Sc3ccccc32)c2cc(F)ccc2n1CC(O)O. The fourth-order valence-corrected chi connectivity index (χ4v) is 5.15. The number of benzene rings is 3. The molecule has 2 heterocycles. The molecule has 32 heavy (non-hydrogen) atoms. The van der Waals surface area contributed by atoms with Crippen LogP contribution >= 0.6 is 11.9 Å². The normalized spacial score (nSPS) is 13.5. The molecule has 1 aromatic heterocycles. The molecule has 1 aliphatic heterocycles. The third-order valence-corrected chi connectivity index (χ3v) is 6.56. The maximum absolute atomic E-state index is 14.3. The van der Waals surface area contributed by atoms with Gasteiger partial charge in [-0.05, 0) is 36.8 Å². The maximum atomic E-state index is 14.3. The average molecular weight is 448 g/mol. The quantitative estimate of drug-likeness (QED) is 0.345. The van der Waals surface area contributed by atoms with E-state index in [-0.39, 0.29) is 12.4 Å². The van der Waals surface area contributed by atoms with E-state index in [1.807, 2.05) is 52.3 Å². The Kier molecular flexibility index (Phi) is 5.46. The molecule has 3 aromatic carbocycles. The second-order valence-electron chi connectivity index (χ2n) is 7.75. The summed E-state index contributed by atoms with van der Waals surface area (Å²) in [4.78, 5) is 1.06. The van der Waals surface area contributed by atoms with Gasteiger partial charge >= 0.3 is 0 Å². The van der Waals surface area contributed by atoms with E-state index in [4.69, 9.17) is 5.10 Å². The minimum Gasteiger partial charge on any atom is -0.367 e. The van der Waals surface area contributed by atoms with Gasteiger partial charge in [-0.3, -0.25) is 0 Å². The number of fused-ring (bicyclic) bond motifs is 2. The Morgan fingerprint density at radius 2 is 1.75 bits per heavy atom. The molecule has 5 nitrogen and oxygen atoms in total. The van der Waals surface area contributed by atoms with Gasteiger partial charge in [-0.2, -0.15) is 5.10 Å². The van der Waals surface area contributed by atoms with Crippen molar-refractivity contribution in [1.29, 1.82) is 0 Å². The van der Waals surface area contributed by atoms with Gasteiger partial charge in [0.05, 0.1) is 13.1 Å². The molecular formula is C25H22FN3O2S. The highest BCUT2D eigenvalue weighted by molar-refractivity contribution is 7.97. The highest BCUT2D eigenvalue weighted by atomic mass is 32.2. The predicted octanol–water partition coefficient (Wildman–Crippen LogP) is 4.67. The molecule has 0 amide bonds. The van der Waals surface area contributed by atoms with E-state index in [9.17, 15) is 14.6 Å². The van der Waals surface area contributed by atoms with Crippen LogP contribution in [0.25, 0.3) is 10.9 Å². The Balaban J connectivity index is 1.70. The van der Waals surface area contributed by atoms with Gasteiger partial charge in [-0.15, -0.1) is 0 Å². The highest BCUT2D eigenvalue weighted by Crippen LogP contribution is 2.38. The molecule has 0 atom stereocenters. The molecule has 2 N–H and O–H groups in total. The summed E-state index contributed by atoms with van der Waals surface area (Å²) in [5, 5.41) is 25.0. The first-order valence-corrected chi connectivity index (χ1v) is 11.1. The number of aliphatic hydroxyl groups is 2. The first kappa shape index (κ1) is 20.8. The van der Waals surface area contributed by atoms with Gasteiger partial charge in [-0.25, -0.2) is 8.80 Å². The van der Waals surface area contributed by atoms with Crippen molar-refractivity contribution < 1.29 is 14.6 Å². The fraction of sp³-hybridized carbons (Fsp3) is 0.160. The molecule has 0 aliphatic carbocycles. The Morgan fingerprint density at radius 1 is 1.00 bits per heavy atom. The van der Waals surface area contributed by atoms with E-state index in [0.717, 1.165) is 38.5 Å². The number of aromatic nitrogens is 1. The molecule has 5 rings (SSSR count). The molecule has 0 saturated heterocycles. The number of hydrogen-bond donors (Lipinski definition) is 2. The van der Waals surface area contributed by atoms with Gasteiger partial charge in [0, 0.05) is 44.6 Å². The minimum atomic E-state index is -1.52. The lowest BCUT2D eigenvalue weighted by molar-refractivity contribution is -0.0507. The van der Waals surface area contributed by atoms with Gasteiger partial charge in [0.2, 0.25) is 0 Å². The zero-order valence-corrected chi connectivity index (χ0v) is 18.3. The Morgan fingerprint density at radius 3 is 2.53 bits per heavy atom. The third kappa shape index (κ3) is 3.79. The van der Waals surface area contributed by atoms with Gasteiger partial charge in [0.1, 0.15) is 11.5 Å². The largest absolute Gasteiger partial charge is 0.367 e. The monoisotopic (exact) mass is 447 g/mol. The van der Waals surface area contributed by atoms with Crippen molar-refractivity contribution >= 4 is 28.6 Å². The lowest BCUT2D eigenvalue weighted by Crippen LogP contribution is -2.20. The fourth-order valence-electron chi connectivity index (χ4n) is 4.19. The molecule has 4 aromatic rings. The number of halogens is 1. The van der Waals surface area contributed by atoms with E-state index < -0.39 is 6.29 Å². The van der Waals surface area contributed by atoms with Crippen LogP contribution in [0.2, 0.25) is 0 Å². The summed E-state index contributed by atoms with van der Waals surface area (Å²) in [7, 11) is 0. The van der Waals surface area contributed by atoms with Crippen molar-refractivity contribution in [3.63, 3.8) is 0 Å². The number of hydrogen-bond acceptors (Lipinski definition) is 5. The second-order valence-corrected chi connectivity index (χ2v) is 8.79. The van der Waals surface area contributed by atoms with Gasteiger partial charge < -0.3 is 14.8 Å². The second kappa shape index (κ2) is 8.43. The van der Waals surface area contributed by atoms with E-state index in [1.54, 1.807) is 18.0 Å². The van der Waals surface area contributed by atoms with Crippen molar-refractivity contribution in [3.05, 3.63) is 101 Å². The zero-order chi connectivity index (χ0) is 22.2. The summed E-state index contributed by atoms with van der Waals surface area (Å²) in [5.74, 6) is -0.347. The van der Waals surface area contributed by atoms with Crippen molar-refractivity contribution in [2.75, 3.05) is 0 Å². The van der Waals surface area contributed by atoms with Crippen LogP contribution in [-0.4, -0.2) is 31.2 Å². The van der Waals surface area contributed by atoms with Crippen molar-refractivity contribution in [3.8, 4) is 0 Å². The van der Waals surface area contributed by atoms with Crippen molar-refractivity contribution in [2.24, 2.45) is 5.10 Å². The lowest BCUT2D eigenvalue weighted by atomic mass is 9.99.